The molecule has 0 spiro atoms. The number of Topliss-reactive ketones (excluding diaryl/α,β-unsaturated/α-hetero) is 1. The fraction of sp³-hybridized carbons (Fsp3) is 0.350. The number of carbonyl (C=O) groups is 3. The van der Waals surface area contributed by atoms with Crippen molar-refractivity contribution in [3.63, 3.8) is 0 Å². The second-order valence-electron chi connectivity index (χ2n) is 5.99. The van der Waals surface area contributed by atoms with Crippen LogP contribution in [0.3, 0.4) is 0 Å². The number of rotatable bonds is 7. The lowest BCUT2D eigenvalue weighted by Gasteiger charge is -2.14. The van der Waals surface area contributed by atoms with Gasteiger partial charge in [-0.15, -0.1) is 0 Å². The molecule has 0 radical (unpaired) electrons. The second-order valence-corrected chi connectivity index (χ2v) is 5.99. The Balaban J connectivity index is 2.22. The third-order valence-corrected chi connectivity index (χ3v) is 4.10. The molecule has 1 N–H and O–H groups in total. The van der Waals surface area contributed by atoms with Gasteiger partial charge in [0.1, 0.15) is 5.75 Å². The van der Waals surface area contributed by atoms with Crippen molar-refractivity contribution in [3.05, 3.63) is 52.3 Å². The molecule has 0 saturated carbocycles. The Morgan fingerprint density at radius 3 is 2.48 bits per heavy atom. The molecule has 1 aromatic heterocycles. The summed E-state index contributed by atoms with van der Waals surface area (Å²) in [5, 5.41) is 0. The van der Waals surface area contributed by atoms with Crippen LogP contribution in [0.2, 0.25) is 0 Å². The van der Waals surface area contributed by atoms with Crippen LogP contribution in [0.5, 0.6) is 5.75 Å². The summed E-state index contributed by atoms with van der Waals surface area (Å²) in [5.74, 6) is -0.906. The summed E-state index contributed by atoms with van der Waals surface area (Å²) in [6, 6.07) is 6.39. The average Bonchev–Trinajstić information content (AvgIpc) is 2.95. The van der Waals surface area contributed by atoms with Gasteiger partial charge in [0, 0.05) is 5.69 Å². The number of aromatic amines is 1. The van der Waals surface area contributed by atoms with Gasteiger partial charge >= 0.3 is 11.9 Å². The van der Waals surface area contributed by atoms with E-state index in [1.54, 1.807) is 45.9 Å². The molecule has 0 unspecified atom stereocenters. The van der Waals surface area contributed by atoms with Gasteiger partial charge in [-0.05, 0) is 51.5 Å². The predicted octanol–water partition coefficient (Wildman–Crippen LogP) is 3.25. The van der Waals surface area contributed by atoms with E-state index >= 15 is 0 Å². The Hall–Kier alpha value is -3.09. The van der Waals surface area contributed by atoms with Crippen molar-refractivity contribution < 1.29 is 28.6 Å². The number of aromatic nitrogens is 1. The number of ether oxygens (including phenoxy) is 3. The maximum atomic E-state index is 12.8. The zero-order valence-electron chi connectivity index (χ0n) is 16.0. The van der Waals surface area contributed by atoms with Crippen LogP contribution >= 0.6 is 0 Å². The summed E-state index contributed by atoms with van der Waals surface area (Å²) in [6.07, 6.45) is -0.829. The Labute approximate surface area is 157 Å². The van der Waals surface area contributed by atoms with E-state index in [4.69, 9.17) is 9.47 Å². The summed E-state index contributed by atoms with van der Waals surface area (Å²) in [4.78, 5) is 39.4. The van der Waals surface area contributed by atoms with Crippen molar-refractivity contribution in [3.8, 4) is 5.75 Å². The van der Waals surface area contributed by atoms with Crippen LogP contribution in [0.4, 0.5) is 0 Å². The molecule has 0 aliphatic heterocycles. The van der Waals surface area contributed by atoms with Gasteiger partial charge in [-0.2, -0.15) is 0 Å². The van der Waals surface area contributed by atoms with E-state index in [0.717, 1.165) is 0 Å². The van der Waals surface area contributed by atoms with E-state index in [9.17, 15) is 14.4 Å². The molecule has 0 saturated heterocycles. The number of methoxy groups -OCH3 is 1. The van der Waals surface area contributed by atoms with E-state index in [-0.39, 0.29) is 12.4 Å². The molecule has 2 rings (SSSR count). The summed E-state index contributed by atoms with van der Waals surface area (Å²) in [6.45, 7) is 6.98. The molecule has 0 aliphatic carbocycles. The number of nitrogens with one attached hydrogen (secondary N) is 1. The van der Waals surface area contributed by atoms with Crippen LogP contribution in [0, 0.1) is 13.8 Å². The first-order chi connectivity index (χ1) is 12.8. The molecular weight excluding hydrogens is 350 g/mol. The van der Waals surface area contributed by atoms with Gasteiger partial charge in [-0.1, -0.05) is 6.07 Å². The fourth-order valence-corrected chi connectivity index (χ4v) is 2.78. The lowest BCUT2D eigenvalue weighted by atomic mass is 10.1. The molecular formula is C20H23NO6. The van der Waals surface area contributed by atoms with Gasteiger partial charge in [0.25, 0.3) is 0 Å². The largest absolute Gasteiger partial charge is 0.482 e. The highest BCUT2D eigenvalue weighted by Crippen LogP contribution is 2.22. The maximum Gasteiger partial charge on any atom is 0.340 e. The molecule has 27 heavy (non-hydrogen) atoms. The topological polar surface area (TPSA) is 94.7 Å². The third kappa shape index (κ3) is 4.36. The molecule has 7 nitrogen and oxygen atoms in total. The zero-order valence-corrected chi connectivity index (χ0v) is 16.0. The Bertz CT molecular complexity index is 867. The molecule has 0 aliphatic rings. The van der Waals surface area contributed by atoms with Gasteiger partial charge in [0.15, 0.2) is 6.10 Å². The van der Waals surface area contributed by atoms with Gasteiger partial charge in [-0.3, -0.25) is 4.79 Å². The van der Waals surface area contributed by atoms with Crippen molar-refractivity contribution in [2.24, 2.45) is 0 Å². The van der Waals surface area contributed by atoms with Crippen LogP contribution in [-0.2, 0) is 9.47 Å². The van der Waals surface area contributed by atoms with Crippen molar-refractivity contribution in [1.82, 2.24) is 4.98 Å². The van der Waals surface area contributed by atoms with Crippen molar-refractivity contribution in [1.29, 1.82) is 0 Å². The first kappa shape index (κ1) is 20.2. The molecule has 0 bridgehead atoms. The van der Waals surface area contributed by atoms with E-state index in [1.165, 1.54) is 13.2 Å². The number of benzene rings is 1. The number of hydrogen-bond acceptors (Lipinski definition) is 6. The number of aryl methyl sites for hydroxylation is 1. The van der Waals surface area contributed by atoms with E-state index in [0.29, 0.717) is 33.8 Å². The molecule has 0 fully saturated rings. The Morgan fingerprint density at radius 2 is 1.85 bits per heavy atom. The quantitative estimate of drug-likeness (QED) is 0.591. The summed E-state index contributed by atoms with van der Waals surface area (Å²) < 4.78 is 15.4. The molecule has 1 heterocycles. The molecule has 144 valence electrons. The third-order valence-electron chi connectivity index (χ3n) is 4.10. The van der Waals surface area contributed by atoms with Crippen LogP contribution < -0.4 is 4.74 Å². The maximum absolute atomic E-state index is 12.8. The summed E-state index contributed by atoms with van der Waals surface area (Å²) >= 11 is 0. The van der Waals surface area contributed by atoms with E-state index in [2.05, 4.69) is 9.72 Å². The molecule has 2 aromatic rings. The highest BCUT2D eigenvalue weighted by molar-refractivity contribution is 6.03. The molecule has 1 atom stereocenters. The van der Waals surface area contributed by atoms with Crippen LogP contribution in [0.25, 0.3) is 0 Å². The van der Waals surface area contributed by atoms with Gasteiger partial charge < -0.3 is 19.2 Å². The number of carbonyl (C=O) groups excluding carboxylic acids is 3. The number of H-pyrrole nitrogens is 1. The highest BCUT2D eigenvalue weighted by atomic mass is 16.5. The van der Waals surface area contributed by atoms with Crippen molar-refractivity contribution >= 4 is 17.7 Å². The van der Waals surface area contributed by atoms with Crippen LogP contribution in [0.15, 0.2) is 24.3 Å². The second kappa shape index (κ2) is 8.53. The lowest BCUT2D eigenvalue weighted by molar-refractivity contribution is 0.0524. The minimum absolute atomic E-state index is 0.252. The standard InChI is InChI=1S/C20H23NO6/c1-6-26-20(24)16-11(2)17(21-12(16)3)18(22)13(4)27-15-9-7-8-14(10-15)19(23)25-5/h7-10,13,21H,6H2,1-5H3/t13-/m1/s1. The van der Waals surface area contributed by atoms with Crippen LogP contribution in [0.1, 0.15) is 56.3 Å². The minimum Gasteiger partial charge on any atom is -0.482 e. The lowest BCUT2D eigenvalue weighted by Crippen LogP contribution is -2.25. The highest BCUT2D eigenvalue weighted by Gasteiger charge is 2.26. The van der Waals surface area contributed by atoms with Gasteiger partial charge in [0.2, 0.25) is 5.78 Å². The monoisotopic (exact) mass is 373 g/mol. The number of ketones is 1. The van der Waals surface area contributed by atoms with Crippen molar-refractivity contribution in [2.75, 3.05) is 13.7 Å². The fourth-order valence-electron chi connectivity index (χ4n) is 2.78. The first-order valence-corrected chi connectivity index (χ1v) is 8.55. The van der Waals surface area contributed by atoms with E-state index in [1.807, 2.05) is 0 Å². The van der Waals surface area contributed by atoms with Gasteiger partial charge in [0.05, 0.1) is 30.5 Å². The van der Waals surface area contributed by atoms with Gasteiger partial charge in [-0.25, -0.2) is 9.59 Å². The van der Waals surface area contributed by atoms with Crippen LogP contribution in [-0.4, -0.2) is 42.5 Å². The smallest absolute Gasteiger partial charge is 0.340 e. The number of hydrogen-bond donors (Lipinski definition) is 1. The minimum atomic E-state index is -0.829. The molecule has 1 aromatic carbocycles. The first-order valence-electron chi connectivity index (χ1n) is 8.55. The SMILES string of the molecule is CCOC(=O)c1c(C)[nH]c(C(=O)[C@@H](C)Oc2cccc(C(=O)OC)c2)c1C. The molecule has 7 heteroatoms. The normalized spacial score (nSPS) is 11.6. The summed E-state index contributed by atoms with van der Waals surface area (Å²) in [7, 11) is 1.29. The Kier molecular flexibility index (Phi) is 6.39. The molecule has 0 amide bonds. The predicted molar refractivity (Wildman–Crippen MR) is 98.4 cm³/mol. The van der Waals surface area contributed by atoms with Crippen molar-refractivity contribution in [2.45, 2.75) is 33.8 Å². The average molecular weight is 373 g/mol. The number of esters is 2. The zero-order chi connectivity index (χ0) is 20.1. The Morgan fingerprint density at radius 1 is 1.15 bits per heavy atom. The van der Waals surface area contributed by atoms with E-state index < -0.39 is 18.0 Å². The summed E-state index contributed by atoms with van der Waals surface area (Å²) in [5.41, 5.74) is 2.07.